The van der Waals surface area contributed by atoms with Crippen molar-refractivity contribution in [3.63, 3.8) is 0 Å². The molecule has 2 aromatic rings. The topological polar surface area (TPSA) is 76.0 Å². The number of aromatic hydroxyl groups is 1. The molecule has 1 aliphatic rings. The lowest BCUT2D eigenvalue weighted by Crippen LogP contribution is -2.39. The second-order valence-electron chi connectivity index (χ2n) is 6.88. The van der Waals surface area contributed by atoms with Crippen LogP contribution in [-0.4, -0.2) is 34.8 Å². The second-order valence-corrected chi connectivity index (χ2v) is 6.88. The number of aliphatic hydroxyl groups is 1. The lowest BCUT2D eigenvalue weighted by molar-refractivity contribution is -0.0231. The van der Waals surface area contributed by atoms with Gasteiger partial charge < -0.3 is 19.7 Å². The quantitative estimate of drug-likeness (QED) is 0.636. The maximum absolute atomic E-state index is 12.7. The normalized spacial score (nSPS) is 16.4. The van der Waals surface area contributed by atoms with Crippen molar-refractivity contribution in [2.75, 3.05) is 7.11 Å². The highest BCUT2D eigenvalue weighted by molar-refractivity contribution is 6.09. The van der Waals surface area contributed by atoms with Crippen LogP contribution >= 0.6 is 0 Å². The van der Waals surface area contributed by atoms with Gasteiger partial charge in [-0.1, -0.05) is 18.2 Å². The summed E-state index contributed by atoms with van der Waals surface area (Å²) in [5.41, 5.74) is 0.995. The number of carbonyl (C=O) groups is 1. The van der Waals surface area contributed by atoms with Crippen LogP contribution in [0.3, 0.4) is 0 Å². The zero-order chi connectivity index (χ0) is 18.9. The van der Waals surface area contributed by atoms with Gasteiger partial charge in [0.05, 0.1) is 18.3 Å². The largest absolute Gasteiger partial charge is 0.508 e. The van der Waals surface area contributed by atoms with Crippen molar-refractivity contribution in [3.8, 4) is 17.2 Å². The summed E-state index contributed by atoms with van der Waals surface area (Å²) in [5.74, 6) is 1.09. The van der Waals surface area contributed by atoms with Crippen LogP contribution in [0, 0.1) is 0 Å². The first-order chi connectivity index (χ1) is 12.3. The highest BCUT2D eigenvalue weighted by atomic mass is 16.5. The highest BCUT2D eigenvalue weighted by Crippen LogP contribution is 2.41. The molecular formula is C21H22O5. The van der Waals surface area contributed by atoms with Gasteiger partial charge in [-0.05, 0) is 49.8 Å². The molecule has 5 heteroatoms. The van der Waals surface area contributed by atoms with Crippen LogP contribution in [0.2, 0.25) is 0 Å². The number of carbonyl (C=O) groups excluding carboxylic acids is 1. The Balaban J connectivity index is 1.91. The Morgan fingerprint density at radius 1 is 1.23 bits per heavy atom. The molecule has 2 N–H and O–H groups in total. The zero-order valence-corrected chi connectivity index (χ0v) is 15.0. The minimum absolute atomic E-state index is 0.174. The van der Waals surface area contributed by atoms with Crippen LogP contribution in [-0.2, 0) is 6.42 Å². The number of fused-ring (bicyclic) bond motifs is 1. The Morgan fingerprint density at radius 2 is 1.92 bits per heavy atom. The molecule has 26 heavy (non-hydrogen) atoms. The van der Waals surface area contributed by atoms with Crippen molar-refractivity contribution in [1.82, 2.24) is 0 Å². The average molecular weight is 354 g/mol. The summed E-state index contributed by atoms with van der Waals surface area (Å²) in [6.45, 7) is 3.37. The summed E-state index contributed by atoms with van der Waals surface area (Å²) < 4.78 is 11.3. The number of phenols is 1. The van der Waals surface area contributed by atoms with E-state index < -0.39 is 11.7 Å². The second kappa shape index (κ2) is 6.84. The van der Waals surface area contributed by atoms with E-state index in [0.717, 1.165) is 11.1 Å². The standard InChI is InChI=1S/C21H22O5/c1-21(2,24)19-12-16-18(25-3)11-9-15(20(16)26-19)17(23)10-6-13-4-7-14(22)8-5-13/h4-11,19,22,24H,12H2,1-3H3/b10-6+. The molecule has 1 heterocycles. The summed E-state index contributed by atoms with van der Waals surface area (Å²) in [6.07, 6.45) is 3.18. The van der Waals surface area contributed by atoms with Gasteiger partial charge in [-0.2, -0.15) is 0 Å². The third-order valence-corrected chi connectivity index (χ3v) is 4.46. The Morgan fingerprint density at radius 3 is 2.54 bits per heavy atom. The first-order valence-electron chi connectivity index (χ1n) is 8.40. The van der Waals surface area contributed by atoms with E-state index in [2.05, 4.69) is 0 Å². The van der Waals surface area contributed by atoms with Crippen LogP contribution in [0.15, 0.2) is 42.5 Å². The van der Waals surface area contributed by atoms with Crippen molar-refractivity contribution >= 4 is 11.9 Å². The molecule has 136 valence electrons. The number of phenolic OH excluding ortho intramolecular Hbond substituents is 1. The van der Waals surface area contributed by atoms with Crippen LogP contribution in [0.4, 0.5) is 0 Å². The van der Waals surface area contributed by atoms with E-state index in [4.69, 9.17) is 9.47 Å². The van der Waals surface area contributed by atoms with Crippen molar-refractivity contribution in [1.29, 1.82) is 0 Å². The number of ether oxygens (including phenoxy) is 2. The molecule has 0 saturated heterocycles. The minimum atomic E-state index is -1.04. The summed E-state index contributed by atoms with van der Waals surface area (Å²) in [6, 6.07) is 9.99. The van der Waals surface area contributed by atoms with Gasteiger partial charge >= 0.3 is 0 Å². The molecule has 1 unspecified atom stereocenters. The van der Waals surface area contributed by atoms with Crippen molar-refractivity contribution in [3.05, 3.63) is 59.2 Å². The molecule has 0 aliphatic carbocycles. The number of rotatable bonds is 5. The molecule has 5 nitrogen and oxygen atoms in total. The van der Waals surface area contributed by atoms with E-state index in [1.165, 1.54) is 6.08 Å². The summed E-state index contributed by atoms with van der Waals surface area (Å²) in [4.78, 5) is 12.7. The number of hydrogen-bond acceptors (Lipinski definition) is 5. The van der Waals surface area contributed by atoms with E-state index in [-0.39, 0.29) is 11.5 Å². The lowest BCUT2D eigenvalue weighted by atomic mass is 9.96. The summed E-state index contributed by atoms with van der Waals surface area (Å²) in [5, 5.41) is 19.6. The summed E-state index contributed by atoms with van der Waals surface area (Å²) in [7, 11) is 1.57. The molecule has 2 aromatic carbocycles. The van der Waals surface area contributed by atoms with Crippen molar-refractivity contribution in [2.45, 2.75) is 32.0 Å². The molecule has 1 aliphatic heterocycles. The molecule has 0 saturated carbocycles. The predicted molar refractivity (Wildman–Crippen MR) is 98.9 cm³/mol. The predicted octanol–water partition coefficient (Wildman–Crippen LogP) is 3.37. The van der Waals surface area contributed by atoms with Crippen molar-refractivity contribution < 1.29 is 24.5 Å². The van der Waals surface area contributed by atoms with E-state index in [1.807, 2.05) is 0 Å². The van der Waals surface area contributed by atoms with Gasteiger partial charge in [-0.15, -0.1) is 0 Å². The zero-order valence-electron chi connectivity index (χ0n) is 15.0. The number of allylic oxidation sites excluding steroid dienone is 1. The molecule has 0 spiro atoms. The first kappa shape index (κ1) is 18.0. The molecule has 0 bridgehead atoms. The fourth-order valence-corrected chi connectivity index (χ4v) is 2.93. The first-order valence-corrected chi connectivity index (χ1v) is 8.40. The highest BCUT2D eigenvalue weighted by Gasteiger charge is 2.38. The smallest absolute Gasteiger partial charge is 0.189 e. The van der Waals surface area contributed by atoms with Gasteiger partial charge in [0.15, 0.2) is 5.78 Å². The Bertz CT molecular complexity index is 844. The SMILES string of the molecule is COc1ccc(C(=O)/C=C/c2ccc(O)cc2)c2c1CC(C(C)(C)O)O2. The Kier molecular flexibility index (Phi) is 4.74. The third-order valence-electron chi connectivity index (χ3n) is 4.46. The van der Waals surface area contributed by atoms with E-state index in [1.54, 1.807) is 63.4 Å². The van der Waals surface area contributed by atoms with Gasteiger partial charge in [-0.3, -0.25) is 4.79 Å². The van der Waals surface area contributed by atoms with E-state index in [0.29, 0.717) is 23.5 Å². The van der Waals surface area contributed by atoms with Crippen LogP contribution in [0.5, 0.6) is 17.2 Å². The molecule has 0 radical (unpaired) electrons. The maximum atomic E-state index is 12.7. The van der Waals surface area contributed by atoms with Gasteiger partial charge in [-0.25, -0.2) is 0 Å². The minimum Gasteiger partial charge on any atom is -0.508 e. The monoisotopic (exact) mass is 354 g/mol. The number of methoxy groups -OCH3 is 1. The molecule has 0 aromatic heterocycles. The fraction of sp³-hybridized carbons (Fsp3) is 0.286. The van der Waals surface area contributed by atoms with Gasteiger partial charge in [0.2, 0.25) is 0 Å². The number of benzene rings is 2. The van der Waals surface area contributed by atoms with Crippen LogP contribution in [0.1, 0.15) is 35.3 Å². The number of hydrogen-bond donors (Lipinski definition) is 2. The van der Waals surface area contributed by atoms with Gasteiger partial charge in [0.25, 0.3) is 0 Å². The summed E-state index contributed by atoms with van der Waals surface area (Å²) >= 11 is 0. The van der Waals surface area contributed by atoms with Crippen molar-refractivity contribution in [2.24, 2.45) is 0 Å². The Hall–Kier alpha value is -2.79. The molecule has 0 fully saturated rings. The van der Waals surface area contributed by atoms with Crippen LogP contribution < -0.4 is 9.47 Å². The Labute approximate surface area is 152 Å². The lowest BCUT2D eigenvalue weighted by Gasteiger charge is -2.24. The molecule has 1 atom stereocenters. The van der Waals surface area contributed by atoms with E-state index >= 15 is 0 Å². The maximum Gasteiger partial charge on any atom is 0.189 e. The number of ketones is 1. The average Bonchev–Trinajstić information content (AvgIpc) is 3.06. The molecular weight excluding hydrogens is 332 g/mol. The van der Waals surface area contributed by atoms with Gasteiger partial charge in [0.1, 0.15) is 23.4 Å². The fourth-order valence-electron chi connectivity index (χ4n) is 2.93. The van der Waals surface area contributed by atoms with E-state index in [9.17, 15) is 15.0 Å². The molecule has 3 rings (SSSR count). The molecule has 0 amide bonds. The third kappa shape index (κ3) is 3.58. The van der Waals surface area contributed by atoms with Gasteiger partial charge in [0, 0.05) is 12.0 Å². The van der Waals surface area contributed by atoms with Crippen LogP contribution in [0.25, 0.3) is 6.08 Å².